The van der Waals surface area contributed by atoms with Crippen molar-refractivity contribution in [2.75, 3.05) is 13.7 Å². The summed E-state index contributed by atoms with van der Waals surface area (Å²) in [4.78, 5) is 23.8. The van der Waals surface area contributed by atoms with Gasteiger partial charge in [0.05, 0.1) is 12.7 Å². The third kappa shape index (κ3) is 5.82. The number of benzene rings is 3. The van der Waals surface area contributed by atoms with E-state index >= 15 is 0 Å². The lowest BCUT2D eigenvalue weighted by Gasteiger charge is -2.14. The molecule has 1 atom stereocenters. The van der Waals surface area contributed by atoms with Gasteiger partial charge in [-0.3, -0.25) is 4.79 Å². The van der Waals surface area contributed by atoms with Crippen LogP contribution in [0.4, 0.5) is 0 Å². The van der Waals surface area contributed by atoms with E-state index in [1.54, 1.807) is 31.4 Å². The highest BCUT2D eigenvalue weighted by atomic mass is 16.5. The predicted octanol–water partition coefficient (Wildman–Crippen LogP) is 5.41. The topological polar surface area (TPSA) is 61.8 Å². The number of carbonyl (C=O) groups excluding carboxylic acids is 2. The van der Waals surface area contributed by atoms with Crippen LogP contribution >= 0.6 is 0 Å². The summed E-state index contributed by atoms with van der Waals surface area (Å²) in [7, 11) is 1.60. The Hall–Kier alpha value is -3.86. The van der Waals surface area contributed by atoms with Crippen LogP contribution in [0.5, 0.6) is 11.5 Å². The summed E-state index contributed by atoms with van der Waals surface area (Å²) in [5.41, 5.74) is 3.25. The van der Waals surface area contributed by atoms with Crippen LogP contribution in [0.2, 0.25) is 0 Å². The maximum Gasteiger partial charge on any atom is 0.338 e. The molecular formula is C26H24O5. The summed E-state index contributed by atoms with van der Waals surface area (Å²) in [6.45, 7) is 5.21. The highest BCUT2D eigenvalue weighted by molar-refractivity contribution is 5.90. The molecule has 31 heavy (non-hydrogen) atoms. The molecule has 0 aliphatic carbocycles. The van der Waals surface area contributed by atoms with Gasteiger partial charge in [-0.1, -0.05) is 43.0 Å². The third-order valence-electron chi connectivity index (χ3n) is 4.76. The molecule has 0 spiro atoms. The van der Waals surface area contributed by atoms with Crippen molar-refractivity contribution in [3.05, 3.63) is 96.6 Å². The van der Waals surface area contributed by atoms with Gasteiger partial charge in [0.1, 0.15) is 17.6 Å². The molecule has 0 heterocycles. The molecular weight excluding hydrogens is 392 g/mol. The normalized spacial score (nSPS) is 11.3. The smallest absolute Gasteiger partial charge is 0.338 e. The number of ketones is 1. The van der Waals surface area contributed by atoms with Crippen LogP contribution < -0.4 is 9.47 Å². The van der Waals surface area contributed by atoms with Gasteiger partial charge in [0, 0.05) is 0 Å². The van der Waals surface area contributed by atoms with Gasteiger partial charge in [-0.25, -0.2) is 4.79 Å². The van der Waals surface area contributed by atoms with Gasteiger partial charge in [0.2, 0.25) is 0 Å². The molecule has 0 N–H and O–H groups in total. The monoisotopic (exact) mass is 416 g/mol. The van der Waals surface area contributed by atoms with Gasteiger partial charge in [0.25, 0.3) is 0 Å². The highest BCUT2D eigenvalue weighted by Gasteiger charge is 2.14. The molecule has 0 radical (unpaired) electrons. The molecule has 158 valence electrons. The van der Waals surface area contributed by atoms with E-state index < -0.39 is 12.1 Å². The van der Waals surface area contributed by atoms with Crippen LogP contribution in [0, 0.1) is 0 Å². The fourth-order valence-electron chi connectivity index (χ4n) is 2.95. The second kappa shape index (κ2) is 10.3. The van der Waals surface area contributed by atoms with Gasteiger partial charge in [-0.15, -0.1) is 0 Å². The lowest BCUT2D eigenvalue weighted by atomic mass is 10.0. The Morgan fingerprint density at radius 3 is 2.19 bits per heavy atom. The summed E-state index contributed by atoms with van der Waals surface area (Å²) in [5, 5.41) is 0. The Kier molecular flexibility index (Phi) is 7.22. The van der Waals surface area contributed by atoms with E-state index in [2.05, 4.69) is 6.58 Å². The van der Waals surface area contributed by atoms with Crippen LogP contribution in [-0.2, 0) is 9.53 Å². The molecule has 0 aliphatic rings. The van der Waals surface area contributed by atoms with Crippen molar-refractivity contribution in [1.82, 2.24) is 0 Å². The molecule has 5 nitrogen and oxygen atoms in total. The van der Waals surface area contributed by atoms with E-state index in [0.717, 1.165) is 16.7 Å². The molecule has 3 rings (SSSR count). The average molecular weight is 416 g/mol. The summed E-state index contributed by atoms with van der Waals surface area (Å²) < 4.78 is 16.2. The van der Waals surface area contributed by atoms with E-state index in [1.165, 1.54) is 6.08 Å². The van der Waals surface area contributed by atoms with E-state index in [4.69, 9.17) is 14.2 Å². The quantitative estimate of drug-likeness (QED) is 0.345. The molecule has 0 fully saturated rings. The SMILES string of the molecule is C=CC(=O)COc1ccc(-c2ccc(C(=O)OC(C)c3cccc(OC)c3)cc2)cc1. The van der Waals surface area contributed by atoms with Gasteiger partial charge < -0.3 is 14.2 Å². The van der Waals surface area contributed by atoms with E-state index in [0.29, 0.717) is 17.1 Å². The first-order chi connectivity index (χ1) is 15.0. The van der Waals surface area contributed by atoms with Crippen LogP contribution in [0.25, 0.3) is 11.1 Å². The molecule has 0 aromatic heterocycles. The molecule has 3 aromatic carbocycles. The Labute approximate surface area is 181 Å². The van der Waals surface area contributed by atoms with Crippen molar-refractivity contribution in [1.29, 1.82) is 0 Å². The Morgan fingerprint density at radius 1 is 0.935 bits per heavy atom. The van der Waals surface area contributed by atoms with Crippen molar-refractivity contribution in [3.8, 4) is 22.6 Å². The third-order valence-corrected chi connectivity index (χ3v) is 4.76. The summed E-state index contributed by atoms with van der Waals surface area (Å²) >= 11 is 0. The Balaban J connectivity index is 1.63. The molecule has 0 amide bonds. The number of ether oxygens (including phenoxy) is 3. The molecule has 1 unspecified atom stereocenters. The second-order valence-electron chi connectivity index (χ2n) is 6.88. The van der Waals surface area contributed by atoms with Gasteiger partial charge >= 0.3 is 5.97 Å². The largest absolute Gasteiger partial charge is 0.497 e. The first kappa shape index (κ1) is 21.8. The Bertz CT molecular complexity index is 1050. The van der Waals surface area contributed by atoms with Crippen molar-refractivity contribution in [2.24, 2.45) is 0 Å². The number of rotatable bonds is 9. The summed E-state index contributed by atoms with van der Waals surface area (Å²) in [6, 6.07) is 22.0. The van der Waals surface area contributed by atoms with Crippen molar-refractivity contribution in [2.45, 2.75) is 13.0 Å². The number of methoxy groups -OCH3 is 1. The van der Waals surface area contributed by atoms with Gasteiger partial charge in [-0.05, 0) is 66.1 Å². The number of carbonyl (C=O) groups is 2. The zero-order valence-electron chi connectivity index (χ0n) is 17.5. The maximum atomic E-state index is 12.5. The fraction of sp³-hybridized carbons (Fsp3) is 0.154. The van der Waals surface area contributed by atoms with Gasteiger partial charge in [-0.2, -0.15) is 0 Å². The minimum absolute atomic E-state index is 0.0339. The van der Waals surface area contributed by atoms with E-state index in [1.807, 2.05) is 55.5 Å². The standard InChI is InChI=1S/C26H24O5/c1-4-23(27)17-30-24-14-12-20(13-15-24)19-8-10-21(11-9-19)26(28)31-18(2)22-6-5-7-25(16-22)29-3/h4-16,18H,1,17H2,2-3H3. The first-order valence-electron chi connectivity index (χ1n) is 9.83. The minimum atomic E-state index is -0.400. The molecule has 5 heteroatoms. The first-order valence-corrected chi connectivity index (χ1v) is 9.83. The molecule has 3 aromatic rings. The fourth-order valence-corrected chi connectivity index (χ4v) is 2.95. The summed E-state index contributed by atoms with van der Waals surface area (Å²) in [6.07, 6.45) is 0.834. The summed E-state index contributed by atoms with van der Waals surface area (Å²) in [5.74, 6) is 0.754. The predicted molar refractivity (Wildman–Crippen MR) is 119 cm³/mol. The van der Waals surface area contributed by atoms with E-state index in [-0.39, 0.29) is 12.4 Å². The second-order valence-corrected chi connectivity index (χ2v) is 6.88. The Morgan fingerprint density at radius 2 is 1.58 bits per heavy atom. The van der Waals surface area contributed by atoms with Crippen LogP contribution in [0.1, 0.15) is 28.9 Å². The van der Waals surface area contributed by atoms with Gasteiger partial charge in [0.15, 0.2) is 12.4 Å². The van der Waals surface area contributed by atoms with Crippen LogP contribution in [-0.4, -0.2) is 25.5 Å². The van der Waals surface area contributed by atoms with Crippen LogP contribution in [0.15, 0.2) is 85.5 Å². The van der Waals surface area contributed by atoms with Crippen LogP contribution in [0.3, 0.4) is 0 Å². The maximum absolute atomic E-state index is 12.5. The van der Waals surface area contributed by atoms with Crippen molar-refractivity contribution >= 4 is 11.8 Å². The molecule has 0 bridgehead atoms. The van der Waals surface area contributed by atoms with Crippen molar-refractivity contribution in [3.63, 3.8) is 0 Å². The lowest BCUT2D eigenvalue weighted by molar-refractivity contribution is -0.116. The molecule has 0 saturated carbocycles. The molecule has 0 saturated heterocycles. The molecule has 0 aliphatic heterocycles. The van der Waals surface area contributed by atoms with E-state index in [9.17, 15) is 9.59 Å². The zero-order valence-corrected chi connectivity index (χ0v) is 17.5. The number of hydrogen-bond acceptors (Lipinski definition) is 5. The zero-order chi connectivity index (χ0) is 22.2. The average Bonchev–Trinajstić information content (AvgIpc) is 2.82. The van der Waals surface area contributed by atoms with Crippen molar-refractivity contribution < 1.29 is 23.8 Å². The highest BCUT2D eigenvalue weighted by Crippen LogP contribution is 2.25. The number of hydrogen-bond donors (Lipinski definition) is 0. The number of esters is 1. The minimum Gasteiger partial charge on any atom is -0.497 e. The lowest BCUT2D eigenvalue weighted by Crippen LogP contribution is -2.09.